The Bertz CT molecular complexity index is 308. The third-order valence-electron chi connectivity index (χ3n) is 3.37. The van der Waals surface area contributed by atoms with Crippen LogP contribution in [0.1, 0.15) is 27.2 Å². The molecule has 6 nitrogen and oxygen atoms in total. The molecule has 0 aromatic carbocycles. The van der Waals surface area contributed by atoms with Gasteiger partial charge >= 0.3 is 12.0 Å². The van der Waals surface area contributed by atoms with Crippen LogP contribution in [0.15, 0.2) is 0 Å². The minimum absolute atomic E-state index is 0.0686. The summed E-state index contributed by atoms with van der Waals surface area (Å²) in [4.78, 5) is 26.6. The topological polar surface area (TPSA) is 70.1 Å². The van der Waals surface area contributed by atoms with Crippen LogP contribution in [0.2, 0.25) is 0 Å². The number of carbonyl (C=O) groups is 2. The molecule has 0 spiro atoms. The zero-order valence-corrected chi connectivity index (χ0v) is 11.3. The molecule has 0 bridgehead atoms. The fraction of sp³-hybridized carbons (Fsp3) is 0.833. The normalized spacial score (nSPS) is 21.5. The second-order valence-corrected chi connectivity index (χ2v) is 4.45. The van der Waals surface area contributed by atoms with Crippen molar-refractivity contribution in [1.29, 1.82) is 0 Å². The summed E-state index contributed by atoms with van der Waals surface area (Å²) in [6.45, 7) is 7.26. The van der Waals surface area contributed by atoms with Crippen LogP contribution >= 0.6 is 0 Å². The summed E-state index contributed by atoms with van der Waals surface area (Å²) in [6.07, 6.45) is 0.849. The number of ether oxygens (including phenoxy) is 1. The molecule has 0 aromatic rings. The number of hydrogen-bond acceptors (Lipinski definition) is 3. The summed E-state index contributed by atoms with van der Waals surface area (Å²) in [5.74, 6) is -1.01. The van der Waals surface area contributed by atoms with E-state index in [-0.39, 0.29) is 18.7 Å². The van der Waals surface area contributed by atoms with Gasteiger partial charge in [0.1, 0.15) is 0 Å². The summed E-state index contributed by atoms with van der Waals surface area (Å²) in [7, 11) is 0. The van der Waals surface area contributed by atoms with Crippen molar-refractivity contribution < 1.29 is 19.4 Å². The standard InChI is InChI=1S/C12H22N2O4/c1-4-9(3)13(5-2)12(17)14-6-7-18-8-10(14)11(15)16/h9-10H,4-8H2,1-3H3,(H,15,16). The van der Waals surface area contributed by atoms with Gasteiger partial charge in [-0.15, -0.1) is 0 Å². The lowest BCUT2D eigenvalue weighted by Crippen LogP contribution is -2.57. The second-order valence-electron chi connectivity index (χ2n) is 4.45. The van der Waals surface area contributed by atoms with Crippen molar-refractivity contribution in [1.82, 2.24) is 9.80 Å². The van der Waals surface area contributed by atoms with Crippen LogP contribution in [0.3, 0.4) is 0 Å². The smallest absolute Gasteiger partial charge is 0.328 e. The molecule has 0 radical (unpaired) electrons. The van der Waals surface area contributed by atoms with Gasteiger partial charge in [-0.3, -0.25) is 0 Å². The van der Waals surface area contributed by atoms with Gasteiger partial charge in [-0.25, -0.2) is 9.59 Å². The van der Waals surface area contributed by atoms with E-state index in [1.165, 1.54) is 4.90 Å². The van der Waals surface area contributed by atoms with E-state index in [2.05, 4.69) is 0 Å². The summed E-state index contributed by atoms with van der Waals surface area (Å²) in [5, 5.41) is 9.12. The highest BCUT2D eigenvalue weighted by molar-refractivity contribution is 5.83. The van der Waals surface area contributed by atoms with Gasteiger partial charge < -0.3 is 19.6 Å². The highest BCUT2D eigenvalue weighted by Gasteiger charge is 2.35. The number of aliphatic carboxylic acids is 1. The van der Waals surface area contributed by atoms with Gasteiger partial charge in [0.15, 0.2) is 6.04 Å². The molecule has 1 rings (SSSR count). The molecule has 1 saturated heterocycles. The van der Waals surface area contributed by atoms with Crippen molar-refractivity contribution in [2.24, 2.45) is 0 Å². The van der Waals surface area contributed by atoms with Gasteiger partial charge in [-0.05, 0) is 20.3 Å². The molecule has 2 atom stereocenters. The Hall–Kier alpha value is -1.30. The van der Waals surface area contributed by atoms with Gasteiger partial charge in [0.05, 0.1) is 13.2 Å². The summed E-state index contributed by atoms with van der Waals surface area (Å²) < 4.78 is 5.13. The molecule has 0 saturated carbocycles. The number of rotatable bonds is 4. The van der Waals surface area contributed by atoms with Crippen LogP contribution in [0.5, 0.6) is 0 Å². The fourth-order valence-electron chi connectivity index (χ4n) is 2.06. The zero-order chi connectivity index (χ0) is 13.7. The molecule has 1 heterocycles. The largest absolute Gasteiger partial charge is 0.480 e. The van der Waals surface area contributed by atoms with Gasteiger partial charge in [0.2, 0.25) is 0 Å². The van der Waals surface area contributed by atoms with Crippen LogP contribution in [0.25, 0.3) is 0 Å². The molecule has 1 fully saturated rings. The molecule has 0 aliphatic carbocycles. The number of urea groups is 1. The number of carboxylic acids is 1. The van der Waals surface area contributed by atoms with Gasteiger partial charge in [0.25, 0.3) is 0 Å². The molecule has 2 amide bonds. The molecule has 1 N–H and O–H groups in total. The average Bonchev–Trinajstić information content (AvgIpc) is 2.39. The Kier molecular flexibility index (Phi) is 5.40. The Morgan fingerprint density at radius 1 is 1.50 bits per heavy atom. The first-order valence-electron chi connectivity index (χ1n) is 6.40. The molecule has 2 unspecified atom stereocenters. The minimum atomic E-state index is -1.01. The van der Waals surface area contributed by atoms with Crippen molar-refractivity contribution in [3.63, 3.8) is 0 Å². The summed E-state index contributed by atoms with van der Waals surface area (Å²) in [5.41, 5.74) is 0. The lowest BCUT2D eigenvalue weighted by atomic mass is 10.2. The van der Waals surface area contributed by atoms with Crippen LogP contribution in [0.4, 0.5) is 4.79 Å². The van der Waals surface area contributed by atoms with Gasteiger partial charge in [-0.1, -0.05) is 6.92 Å². The Morgan fingerprint density at radius 3 is 2.67 bits per heavy atom. The maximum atomic E-state index is 12.4. The van der Waals surface area contributed by atoms with Crippen LogP contribution in [-0.2, 0) is 9.53 Å². The van der Waals surface area contributed by atoms with Crippen LogP contribution < -0.4 is 0 Å². The molecule has 1 aliphatic rings. The summed E-state index contributed by atoms with van der Waals surface area (Å²) in [6, 6.07) is -0.966. The number of amides is 2. The first-order chi connectivity index (χ1) is 8.52. The predicted molar refractivity (Wildman–Crippen MR) is 66.5 cm³/mol. The van der Waals surface area contributed by atoms with E-state index in [4.69, 9.17) is 9.84 Å². The van der Waals surface area contributed by atoms with Gasteiger partial charge in [0, 0.05) is 19.1 Å². The maximum absolute atomic E-state index is 12.4. The maximum Gasteiger partial charge on any atom is 0.328 e. The third-order valence-corrected chi connectivity index (χ3v) is 3.37. The molecule has 6 heteroatoms. The van der Waals surface area contributed by atoms with Gasteiger partial charge in [-0.2, -0.15) is 0 Å². The number of nitrogens with zero attached hydrogens (tertiary/aromatic N) is 2. The highest BCUT2D eigenvalue weighted by Crippen LogP contribution is 2.14. The van der Waals surface area contributed by atoms with E-state index in [0.717, 1.165) is 6.42 Å². The highest BCUT2D eigenvalue weighted by atomic mass is 16.5. The number of carboxylic acid groups (broad SMARTS) is 1. The zero-order valence-electron chi connectivity index (χ0n) is 11.3. The summed E-state index contributed by atoms with van der Waals surface area (Å²) >= 11 is 0. The second kappa shape index (κ2) is 6.58. The van der Waals surface area contributed by atoms with E-state index in [9.17, 15) is 9.59 Å². The molecular formula is C12H22N2O4. The molecular weight excluding hydrogens is 236 g/mol. The lowest BCUT2D eigenvalue weighted by Gasteiger charge is -2.38. The molecule has 104 valence electrons. The van der Waals surface area contributed by atoms with E-state index in [1.807, 2.05) is 20.8 Å². The molecule has 18 heavy (non-hydrogen) atoms. The lowest BCUT2D eigenvalue weighted by molar-refractivity contribution is -0.147. The SMILES string of the molecule is CCC(C)N(CC)C(=O)N1CCOCC1C(=O)O. The number of carbonyl (C=O) groups excluding carboxylic acids is 1. The van der Waals surface area contributed by atoms with E-state index < -0.39 is 12.0 Å². The predicted octanol–water partition coefficient (Wildman–Crippen LogP) is 1.01. The first-order valence-corrected chi connectivity index (χ1v) is 6.40. The average molecular weight is 258 g/mol. The van der Waals surface area contributed by atoms with Crippen molar-refractivity contribution in [2.45, 2.75) is 39.3 Å². The Balaban J connectivity index is 2.81. The first kappa shape index (κ1) is 14.8. The fourth-order valence-corrected chi connectivity index (χ4v) is 2.06. The van der Waals surface area contributed by atoms with Crippen molar-refractivity contribution >= 4 is 12.0 Å². The van der Waals surface area contributed by atoms with Crippen molar-refractivity contribution in [3.8, 4) is 0 Å². The van der Waals surface area contributed by atoms with E-state index in [1.54, 1.807) is 4.90 Å². The third kappa shape index (κ3) is 3.13. The quantitative estimate of drug-likeness (QED) is 0.817. The monoisotopic (exact) mass is 258 g/mol. The number of morpholine rings is 1. The van der Waals surface area contributed by atoms with Crippen molar-refractivity contribution in [3.05, 3.63) is 0 Å². The molecule has 1 aliphatic heterocycles. The Labute approximate surface area is 107 Å². The van der Waals surface area contributed by atoms with E-state index >= 15 is 0 Å². The van der Waals surface area contributed by atoms with Crippen molar-refractivity contribution in [2.75, 3.05) is 26.3 Å². The minimum Gasteiger partial charge on any atom is -0.480 e. The number of hydrogen-bond donors (Lipinski definition) is 1. The van der Waals surface area contributed by atoms with E-state index in [0.29, 0.717) is 19.7 Å². The molecule has 0 aromatic heterocycles. The van der Waals surface area contributed by atoms with Crippen LogP contribution in [0, 0.1) is 0 Å². The van der Waals surface area contributed by atoms with Crippen LogP contribution in [-0.4, -0.2) is 65.3 Å². The Morgan fingerprint density at radius 2 is 2.17 bits per heavy atom.